The predicted octanol–water partition coefficient (Wildman–Crippen LogP) is 2.03. The van der Waals surface area contributed by atoms with Crippen molar-refractivity contribution < 1.29 is 5.11 Å². The molecular weight excluding hydrogens is 160 g/mol. The van der Waals surface area contributed by atoms with E-state index in [9.17, 15) is 5.11 Å². The minimum absolute atomic E-state index is 0.181. The lowest BCUT2D eigenvalue weighted by atomic mass is 9.76. The van der Waals surface area contributed by atoms with E-state index in [2.05, 4.69) is 5.92 Å². The first kappa shape index (κ1) is 10.8. The van der Waals surface area contributed by atoms with E-state index in [0.29, 0.717) is 6.42 Å². The molecule has 0 rings (SSSR count). The van der Waals surface area contributed by atoms with Crippen molar-refractivity contribution in [1.29, 1.82) is 0 Å². The maximum Gasteiger partial charge on any atom is 0.0938 e. The number of halogens is 1. The first-order valence-electron chi connectivity index (χ1n) is 3.59. The zero-order valence-electron chi connectivity index (χ0n) is 7.32. The lowest BCUT2D eigenvalue weighted by Crippen LogP contribution is -2.44. The zero-order valence-corrected chi connectivity index (χ0v) is 8.07. The van der Waals surface area contributed by atoms with Gasteiger partial charge in [-0.05, 0) is 5.41 Å². The van der Waals surface area contributed by atoms with Crippen LogP contribution in [0.4, 0.5) is 0 Å². The van der Waals surface area contributed by atoms with Crippen molar-refractivity contribution in [2.75, 3.05) is 5.88 Å². The smallest absolute Gasteiger partial charge is 0.0938 e. The Balaban J connectivity index is 4.49. The Morgan fingerprint density at radius 1 is 1.45 bits per heavy atom. The third-order valence-corrected chi connectivity index (χ3v) is 2.45. The van der Waals surface area contributed by atoms with Gasteiger partial charge in [0.25, 0.3) is 0 Å². The third-order valence-electron chi connectivity index (χ3n) is 2.01. The minimum atomic E-state index is -0.941. The number of alkyl halides is 1. The van der Waals surface area contributed by atoms with Gasteiger partial charge in [-0.25, -0.2) is 0 Å². The van der Waals surface area contributed by atoms with Gasteiger partial charge in [-0.2, -0.15) is 0 Å². The minimum Gasteiger partial charge on any atom is -0.387 e. The highest BCUT2D eigenvalue weighted by molar-refractivity contribution is 6.18. The molecular formula is C9H15ClO. The summed E-state index contributed by atoms with van der Waals surface area (Å²) in [5, 5.41) is 9.88. The maximum absolute atomic E-state index is 9.88. The average molecular weight is 175 g/mol. The van der Waals surface area contributed by atoms with E-state index < -0.39 is 5.60 Å². The van der Waals surface area contributed by atoms with Crippen LogP contribution in [0.5, 0.6) is 0 Å². The standard InChI is InChI=1S/C9H15ClO/c1-5-6-9(11,7-10)8(2,3)4/h1,11H,6-7H2,2-4H3. The van der Waals surface area contributed by atoms with Gasteiger partial charge in [-0.1, -0.05) is 20.8 Å². The van der Waals surface area contributed by atoms with E-state index in [1.54, 1.807) is 0 Å². The molecule has 0 radical (unpaired) electrons. The summed E-state index contributed by atoms with van der Waals surface area (Å²) in [6.07, 6.45) is 5.42. The largest absolute Gasteiger partial charge is 0.387 e. The molecule has 0 aliphatic heterocycles. The number of aliphatic hydroxyl groups is 1. The van der Waals surface area contributed by atoms with Gasteiger partial charge in [0, 0.05) is 6.42 Å². The highest BCUT2D eigenvalue weighted by atomic mass is 35.5. The van der Waals surface area contributed by atoms with Gasteiger partial charge in [0.05, 0.1) is 11.5 Å². The van der Waals surface area contributed by atoms with Crippen molar-refractivity contribution in [1.82, 2.24) is 0 Å². The van der Waals surface area contributed by atoms with Crippen molar-refractivity contribution in [3.8, 4) is 12.3 Å². The van der Waals surface area contributed by atoms with Gasteiger partial charge in [0.15, 0.2) is 0 Å². The van der Waals surface area contributed by atoms with Crippen LogP contribution in [0.3, 0.4) is 0 Å². The molecule has 1 nitrogen and oxygen atoms in total. The van der Waals surface area contributed by atoms with Crippen LogP contribution in [-0.2, 0) is 0 Å². The topological polar surface area (TPSA) is 20.2 Å². The molecule has 0 spiro atoms. The molecule has 1 N–H and O–H groups in total. The molecule has 0 bridgehead atoms. The Hall–Kier alpha value is -0.190. The van der Waals surface area contributed by atoms with E-state index >= 15 is 0 Å². The van der Waals surface area contributed by atoms with Crippen LogP contribution >= 0.6 is 11.6 Å². The van der Waals surface area contributed by atoms with Crippen LogP contribution in [0, 0.1) is 17.8 Å². The first-order valence-corrected chi connectivity index (χ1v) is 4.12. The number of hydrogen-bond donors (Lipinski definition) is 1. The van der Waals surface area contributed by atoms with E-state index in [-0.39, 0.29) is 11.3 Å². The van der Waals surface area contributed by atoms with Gasteiger partial charge in [0.2, 0.25) is 0 Å². The zero-order chi connectivity index (χ0) is 9.12. The van der Waals surface area contributed by atoms with E-state index in [1.165, 1.54) is 0 Å². The lowest BCUT2D eigenvalue weighted by molar-refractivity contribution is -0.0331. The van der Waals surface area contributed by atoms with Crippen molar-refractivity contribution in [3.05, 3.63) is 0 Å². The summed E-state index contributed by atoms with van der Waals surface area (Å²) in [5.74, 6) is 2.61. The molecule has 0 aromatic carbocycles. The second-order valence-electron chi connectivity index (χ2n) is 3.80. The summed E-state index contributed by atoms with van der Waals surface area (Å²) in [7, 11) is 0. The van der Waals surface area contributed by atoms with Crippen LogP contribution in [0.1, 0.15) is 27.2 Å². The second-order valence-corrected chi connectivity index (χ2v) is 4.06. The van der Waals surface area contributed by atoms with E-state index in [0.717, 1.165) is 0 Å². The van der Waals surface area contributed by atoms with Crippen LogP contribution in [-0.4, -0.2) is 16.6 Å². The predicted molar refractivity (Wildman–Crippen MR) is 48.6 cm³/mol. The summed E-state index contributed by atoms with van der Waals surface area (Å²) >= 11 is 5.63. The Labute approximate surface area is 73.8 Å². The SMILES string of the molecule is C#CCC(O)(CCl)C(C)(C)C. The van der Waals surface area contributed by atoms with Gasteiger partial charge in [0.1, 0.15) is 0 Å². The molecule has 0 aliphatic carbocycles. The maximum atomic E-state index is 9.88. The fourth-order valence-electron chi connectivity index (χ4n) is 0.682. The van der Waals surface area contributed by atoms with Crippen LogP contribution < -0.4 is 0 Å². The number of rotatable bonds is 2. The summed E-state index contributed by atoms with van der Waals surface area (Å²) in [6, 6.07) is 0. The van der Waals surface area contributed by atoms with Crippen LogP contribution in [0.15, 0.2) is 0 Å². The molecule has 1 unspecified atom stereocenters. The molecule has 64 valence electrons. The molecule has 0 saturated carbocycles. The van der Waals surface area contributed by atoms with Gasteiger partial charge in [-0.3, -0.25) is 0 Å². The van der Waals surface area contributed by atoms with Gasteiger partial charge >= 0.3 is 0 Å². The highest BCUT2D eigenvalue weighted by Gasteiger charge is 2.38. The first-order chi connectivity index (χ1) is 4.87. The number of hydrogen-bond acceptors (Lipinski definition) is 1. The van der Waals surface area contributed by atoms with Crippen molar-refractivity contribution in [2.24, 2.45) is 5.41 Å². The van der Waals surface area contributed by atoms with Crippen molar-refractivity contribution >= 4 is 11.6 Å². The monoisotopic (exact) mass is 174 g/mol. The normalized spacial score (nSPS) is 17.1. The van der Waals surface area contributed by atoms with Crippen molar-refractivity contribution in [3.63, 3.8) is 0 Å². The molecule has 0 aliphatic rings. The van der Waals surface area contributed by atoms with Crippen LogP contribution in [0.2, 0.25) is 0 Å². The molecule has 0 aromatic rings. The quantitative estimate of drug-likeness (QED) is 0.502. The molecule has 0 aromatic heterocycles. The molecule has 0 fully saturated rings. The van der Waals surface area contributed by atoms with Crippen LogP contribution in [0.25, 0.3) is 0 Å². The van der Waals surface area contributed by atoms with Crippen molar-refractivity contribution in [2.45, 2.75) is 32.8 Å². The van der Waals surface area contributed by atoms with Gasteiger partial charge in [-0.15, -0.1) is 23.9 Å². The fourth-order valence-corrected chi connectivity index (χ4v) is 1.18. The second kappa shape index (κ2) is 3.47. The molecule has 0 amide bonds. The summed E-state index contributed by atoms with van der Waals surface area (Å²) < 4.78 is 0. The Morgan fingerprint density at radius 3 is 2.00 bits per heavy atom. The fraction of sp³-hybridized carbons (Fsp3) is 0.778. The number of terminal acetylenes is 1. The molecule has 0 heterocycles. The molecule has 2 heteroatoms. The molecule has 0 saturated heterocycles. The highest BCUT2D eigenvalue weighted by Crippen LogP contribution is 2.33. The van der Waals surface area contributed by atoms with Gasteiger partial charge < -0.3 is 5.11 Å². The Morgan fingerprint density at radius 2 is 1.91 bits per heavy atom. The Kier molecular flexibility index (Phi) is 3.41. The Bertz CT molecular complexity index is 163. The summed E-state index contributed by atoms with van der Waals surface area (Å²) in [4.78, 5) is 0. The molecule has 1 atom stereocenters. The van der Waals surface area contributed by atoms with E-state index in [1.807, 2.05) is 20.8 Å². The third kappa shape index (κ3) is 2.39. The van der Waals surface area contributed by atoms with E-state index in [4.69, 9.17) is 18.0 Å². The summed E-state index contributed by atoms with van der Waals surface area (Å²) in [6.45, 7) is 5.77. The summed E-state index contributed by atoms with van der Waals surface area (Å²) in [5.41, 5.74) is -1.20. The molecule has 11 heavy (non-hydrogen) atoms. The average Bonchev–Trinajstić information content (AvgIpc) is 1.86. The lowest BCUT2D eigenvalue weighted by Gasteiger charge is -2.37.